The molecule has 0 spiro atoms. The summed E-state index contributed by atoms with van der Waals surface area (Å²) >= 11 is 3.46. The number of hydrogen-bond acceptors (Lipinski definition) is 5. The Hall–Kier alpha value is -2.71. The summed E-state index contributed by atoms with van der Waals surface area (Å²) in [5.41, 5.74) is -0.492. The Labute approximate surface area is 194 Å². The first-order valence-corrected chi connectivity index (χ1v) is 11.3. The minimum atomic E-state index is -1.58. The normalized spacial score (nSPS) is 27.2. The fraction of sp³-hybridized carbons (Fsp3) is 0.375. The highest BCUT2D eigenvalue weighted by Gasteiger charge is 2.68. The Morgan fingerprint density at radius 2 is 1.88 bits per heavy atom. The van der Waals surface area contributed by atoms with Crippen molar-refractivity contribution in [1.82, 2.24) is 5.32 Å². The summed E-state index contributed by atoms with van der Waals surface area (Å²) in [6.07, 6.45) is 0.206. The molecule has 0 saturated carbocycles. The molecule has 2 saturated heterocycles. The number of rotatable bonds is 6. The molecule has 0 aliphatic carbocycles. The summed E-state index contributed by atoms with van der Waals surface area (Å²) in [5, 5.41) is 13.6. The van der Waals surface area contributed by atoms with Crippen molar-refractivity contribution in [3.63, 3.8) is 0 Å². The zero-order valence-electron chi connectivity index (χ0n) is 18.0. The van der Waals surface area contributed by atoms with E-state index in [1.807, 2.05) is 26.0 Å². The summed E-state index contributed by atoms with van der Waals surface area (Å²) in [7, 11) is 1.52. The van der Waals surface area contributed by atoms with Crippen molar-refractivity contribution < 1.29 is 24.2 Å². The number of halogens is 1. The Bertz CT molecular complexity index is 1070. The van der Waals surface area contributed by atoms with Gasteiger partial charge in [-0.2, -0.15) is 0 Å². The summed E-state index contributed by atoms with van der Waals surface area (Å²) in [6.45, 7) is 3.81. The molecule has 2 aromatic carbocycles. The van der Waals surface area contributed by atoms with Crippen molar-refractivity contribution in [3.05, 3.63) is 58.6 Å². The largest absolute Gasteiger partial charge is 0.496 e. The van der Waals surface area contributed by atoms with Crippen molar-refractivity contribution in [2.75, 3.05) is 12.0 Å². The number of nitrogens with zero attached hydrogens (tertiary/aromatic N) is 1. The zero-order valence-corrected chi connectivity index (χ0v) is 19.6. The van der Waals surface area contributed by atoms with Crippen LogP contribution in [0.1, 0.15) is 31.9 Å². The fourth-order valence-electron chi connectivity index (χ4n) is 5.17. The number of ether oxygens (including phenoxy) is 1. The molecular weight excluding hydrogens is 476 g/mol. The molecule has 4 atom stereocenters. The van der Waals surface area contributed by atoms with E-state index >= 15 is 0 Å². The molecule has 32 heavy (non-hydrogen) atoms. The first-order chi connectivity index (χ1) is 15.2. The van der Waals surface area contributed by atoms with Crippen LogP contribution < -0.4 is 15.0 Å². The topological polar surface area (TPSA) is 95.9 Å². The fourth-order valence-corrected chi connectivity index (χ4v) is 5.54. The molecule has 0 radical (unpaired) electrons. The number of anilines is 1. The molecule has 2 fully saturated rings. The SMILES string of the molecule is COc1ccc(Br)cc1C1NC(CC(C)C)(C(=O)O)C2C(=O)N(c3ccccc3)C(=O)C12. The summed E-state index contributed by atoms with van der Waals surface area (Å²) < 4.78 is 6.29. The van der Waals surface area contributed by atoms with E-state index in [0.29, 0.717) is 17.0 Å². The molecule has 168 valence electrons. The van der Waals surface area contributed by atoms with Crippen LogP contribution >= 0.6 is 15.9 Å². The standard InChI is InChI=1S/C24H25BrN2O5/c1-13(2)12-24(23(30)31)19-18(20(26-24)16-11-14(25)9-10-17(16)32-3)21(28)27(22(19)29)15-7-5-4-6-8-15/h4-11,13,18-20,26H,12H2,1-3H3,(H,30,31). The maximum Gasteiger partial charge on any atom is 0.324 e. The highest BCUT2D eigenvalue weighted by Crippen LogP contribution is 2.53. The predicted octanol–water partition coefficient (Wildman–Crippen LogP) is 3.78. The van der Waals surface area contributed by atoms with Crippen LogP contribution in [0.5, 0.6) is 5.75 Å². The van der Waals surface area contributed by atoms with Crippen LogP contribution in [-0.4, -0.2) is 35.5 Å². The number of aliphatic carboxylic acids is 1. The van der Waals surface area contributed by atoms with Crippen LogP contribution in [0.15, 0.2) is 53.0 Å². The average molecular weight is 501 g/mol. The Morgan fingerprint density at radius 1 is 1.19 bits per heavy atom. The zero-order chi connectivity index (χ0) is 23.2. The number of carbonyl (C=O) groups excluding carboxylic acids is 2. The first-order valence-electron chi connectivity index (χ1n) is 10.5. The van der Waals surface area contributed by atoms with Gasteiger partial charge in [-0.15, -0.1) is 0 Å². The summed E-state index contributed by atoms with van der Waals surface area (Å²) in [6, 6.07) is 13.3. The third-order valence-electron chi connectivity index (χ3n) is 6.31. The van der Waals surface area contributed by atoms with Crippen LogP contribution in [0.4, 0.5) is 5.69 Å². The molecule has 0 bridgehead atoms. The summed E-state index contributed by atoms with van der Waals surface area (Å²) in [5.74, 6) is -3.43. The highest BCUT2D eigenvalue weighted by atomic mass is 79.9. The first kappa shape index (κ1) is 22.5. The monoisotopic (exact) mass is 500 g/mol. The van der Waals surface area contributed by atoms with Gasteiger partial charge in [0, 0.05) is 16.1 Å². The summed E-state index contributed by atoms with van der Waals surface area (Å²) in [4.78, 5) is 41.2. The van der Waals surface area contributed by atoms with E-state index in [-0.39, 0.29) is 12.3 Å². The smallest absolute Gasteiger partial charge is 0.324 e. The number of carboxylic acids is 1. The lowest BCUT2D eigenvalue weighted by molar-refractivity contribution is -0.149. The minimum absolute atomic E-state index is 0.0175. The van der Waals surface area contributed by atoms with E-state index in [4.69, 9.17) is 4.74 Å². The molecule has 2 N–H and O–H groups in total. The molecule has 0 aromatic heterocycles. The number of hydrogen-bond donors (Lipinski definition) is 2. The lowest BCUT2D eigenvalue weighted by atomic mass is 9.75. The van der Waals surface area contributed by atoms with E-state index in [0.717, 1.165) is 9.37 Å². The van der Waals surface area contributed by atoms with Crippen molar-refractivity contribution in [3.8, 4) is 5.75 Å². The van der Waals surface area contributed by atoms with Gasteiger partial charge in [0.15, 0.2) is 0 Å². The lowest BCUT2D eigenvalue weighted by Crippen LogP contribution is -2.56. The van der Waals surface area contributed by atoms with Gasteiger partial charge in [-0.25, -0.2) is 4.90 Å². The van der Waals surface area contributed by atoms with Crippen LogP contribution in [0.3, 0.4) is 0 Å². The molecule has 2 heterocycles. The van der Waals surface area contributed by atoms with Crippen molar-refractivity contribution in [2.45, 2.75) is 31.8 Å². The highest BCUT2D eigenvalue weighted by molar-refractivity contribution is 9.10. The number of nitrogens with one attached hydrogen (secondary N) is 1. The number of benzene rings is 2. The molecule has 2 aromatic rings. The van der Waals surface area contributed by atoms with Crippen LogP contribution in [0.25, 0.3) is 0 Å². The van der Waals surface area contributed by atoms with E-state index in [1.54, 1.807) is 36.4 Å². The molecular formula is C24H25BrN2O5. The van der Waals surface area contributed by atoms with Crippen LogP contribution in [0.2, 0.25) is 0 Å². The number of carbonyl (C=O) groups is 3. The minimum Gasteiger partial charge on any atom is -0.496 e. The molecule has 2 amide bonds. The Kier molecular flexibility index (Phi) is 5.85. The van der Waals surface area contributed by atoms with E-state index < -0.39 is 41.2 Å². The van der Waals surface area contributed by atoms with Gasteiger partial charge in [-0.05, 0) is 42.7 Å². The van der Waals surface area contributed by atoms with Crippen LogP contribution in [0, 0.1) is 17.8 Å². The van der Waals surface area contributed by atoms with Gasteiger partial charge in [0.2, 0.25) is 11.8 Å². The molecule has 2 aliphatic rings. The third-order valence-corrected chi connectivity index (χ3v) is 6.80. The molecule has 4 unspecified atom stereocenters. The van der Waals surface area contributed by atoms with E-state index in [1.165, 1.54) is 7.11 Å². The van der Waals surface area contributed by atoms with Gasteiger partial charge in [0.1, 0.15) is 11.3 Å². The second-order valence-electron chi connectivity index (χ2n) is 8.73. The number of carboxylic acid groups (broad SMARTS) is 1. The number of para-hydroxylation sites is 1. The van der Waals surface area contributed by atoms with Gasteiger partial charge in [0.05, 0.1) is 24.6 Å². The van der Waals surface area contributed by atoms with Crippen molar-refractivity contribution in [2.24, 2.45) is 17.8 Å². The van der Waals surface area contributed by atoms with Crippen molar-refractivity contribution in [1.29, 1.82) is 0 Å². The number of methoxy groups -OCH3 is 1. The quantitative estimate of drug-likeness (QED) is 0.586. The van der Waals surface area contributed by atoms with Gasteiger partial charge < -0.3 is 9.84 Å². The van der Waals surface area contributed by atoms with Gasteiger partial charge in [0.25, 0.3) is 0 Å². The number of amides is 2. The third kappa shape index (κ3) is 3.42. The molecule has 2 aliphatic heterocycles. The molecule has 4 rings (SSSR count). The second-order valence-corrected chi connectivity index (χ2v) is 9.65. The number of fused-ring (bicyclic) bond motifs is 1. The Balaban J connectivity index is 1.91. The van der Waals surface area contributed by atoms with Gasteiger partial charge in [-0.3, -0.25) is 19.7 Å². The van der Waals surface area contributed by atoms with Crippen LogP contribution in [-0.2, 0) is 14.4 Å². The second kappa shape index (κ2) is 8.33. The maximum absolute atomic E-state index is 13.7. The predicted molar refractivity (Wildman–Crippen MR) is 122 cm³/mol. The maximum atomic E-state index is 13.7. The van der Waals surface area contributed by atoms with Gasteiger partial charge >= 0.3 is 5.97 Å². The Morgan fingerprint density at radius 3 is 2.47 bits per heavy atom. The average Bonchev–Trinajstić information content (AvgIpc) is 3.22. The van der Waals surface area contributed by atoms with E-state index in [2.05, 4.69) is 21.2 Å². The van der Waals surface area contributed by atoms with E-state index in [9.17, 15) is 19.5 Å². The molecule has 8 heteroatoms. The lowest BCUT2D eigenvalue weighted by Gasteiger charge is -2.32. The molecule has 7 nitrogen and oxygen atoms in total. The van der Waals surface area contributed by atoms with Crippen molar-refractivity contribution >= 4 is 39.4 Å². The number of imide groups is 1. The van der Waals surface area contributed by atoms with Gasteiger partial charge in [-0.1, -0.05) is 48.0 Å².